The third kappa shape index (κ3) is 4.04. The van der Waals surface area contributed by atoms with Crippen molar-refractivity contribution in [1.82, 2.24) is 4.90 Å². The summed E-state index contributed by atoms with van der Waals surface area (Å²) in [6.45, 7) is 15.7. The molecule has 0 N–H and O–H groups in total. The molecule has 2 rings (SSSR count). The smallest absolute Gasteiger partial charge is 0.123 e. The maximum Gasteiger partial charge on any atom is 0.123 e. The molecule has 1 heterocycles. The molecule has 0 unspecified atom stereocenters. The van der Waals surface area contributed by atoms with Crippen molar-refractivity contribution in [2.75, 3.05) is 20.1 Å². The average molecular weight is 303 g/mol. The first kappa shape index (κ1) is 17.3. The second kappa shape index (κ2) is 6.62. The molecule has 0 aliphatic carbocycles. The molecule has 1 aliphatic rings. The van der Waals surface area contributed by atoms with Crippen LogP contribution < -0.4 is 4.74 Å². The minimum atomic E-state index is 0.111. The fourth-order valence-corrected chi connectivity index (χ4v) is 3.40. The van der Waals surface area contributed by atoms with Gasteiger partial charge in [0.05, 0.1) is 6.10 Å². The standard InChI is InChI=1S/C20H33NO/c1-14(2)22-19-13-17(16-8-10-21(7)11-9-16)15(3)12-18(19)20(4,5)6/h12-14,16H,8-11H2,1-7H3. The monoisotopic (exact) mass is 303 g/mol. The molecule has 0 bridgehead atoms. The van der Waals surface area contributed by atoms with Crippen LogP contribution in [0.5, 0.6) is 5.75 Å². The molecule has 1 fully saturated rings. The highest BCUT2D eigenvalue weighted by molar-refractivity contribution is 5.47. The molecular formula is C20H33NO. The summed E-state index contributed by atoms with van der Waals surface area (Å²) in [5, 5.41) is 0. The Bertz CT molecular complexity index is 505. The van der Waals surface area contributed by atoms with E-state index in [0.29, 0.717) is 5.92 Å². The lowest BCUT2D eigenvalue weighted by Crippen LogP contribution is -2.29. The summed E-state index contributed by atoms with van der Waals surface area (Å²) in [6.07, 6.45) is 2.73. The van der Waals surface area contributed by atoms with Crippen molar-refractivity contribution in [2.24, 2.45) is 0 Å². The lowest BCUT2D eigenvalue weighted by molar-refractivity contribution is 0.234. The van der Waals surface area contributed by atoms with Crippen LogP contribution in [0.4, 0.5) is 0 Å². The Morgan fingerprint density at radius 3 is 2.23 bits per heavy atom. The number of nitrogens with zero attached hydrogens (tertiary/aromatic N) is 1. The number of piperidine rings is 1. The Morgan fingerprint density at radius 1 is 1.14 bits per heavy atom. The maximum absolute atomic E-state index is 6.17. The summed E-state index contributed by atoms with van der Waals surface area (Å²) < 4.78 is 6.17. The summed E-state index contributed by atoms with van der Waals surface area (Å²) in [5.41, 5.74) is 4.36. The van der Waals surface area contributed by atoms with Gasteiger partial charge < -0.3 is 9.64 Å². The van der Waals surface area contributed by atoms with E-state index in [2.05, 4.69) is 65.6 Å². The highest BCUT2D eigenvalue weighted by Crippen LogP contribution is 2.38. The number of aryl methyl sites for hydroxylation is 1. The van der Waals surface area contributed by atoms with Gasteiger partial charge in [0.1, 0.15) is 5.75 Å². The fourth-order valence-electron chi connectivity index (χ4n) is 3.40. The summed E-state index contributed by atoms with van der Waals surface area (Å²) in [4.78, 5) is 2.43. The van der Waals surface area contributed by atoms with E-state index >= 15 is 0 Å². The van der Waals surface area contributed by atoms with Crippen LogP contribution in [0.3, 0.4) is 0 Å². The summed E-state index contributed by atoms with van der Waals surface area (Å²) >= 11 is 0. The molecule has 22 heavy (non-hydrogen) atoms. The third-order valence-electron chi connectivity index (χ3n) is 4.70. The van der Waals surface area contributed by atoms with Gasteiger partial charge in [-0.1, -0.05) is 26.8 Å². The molecule has 1 aromatic rings. The number of hydrogen-bond donors (Lipinski definition) is 0. The SMILES string of the molecule is Cc1cc(C(C)(C)C)c(OC(C)C)cc1C1CCN(C)CC1. The molecule has 2 nitrogen and oxygen atoms in total. The molecule has 0 spiro atoms. The van der Waals surface area contributed by atoms with Gasteiger partial charge in [0.2, 0.25) is 0 Å². The highest BCUT2D eigenvalue weighted by atomic mass is 16.5. The lowest BCUT2D eigenvalue weighted by atomic mass is 9.81. The Morgan fingerprint density at radius 2 is 1.73 bits per heavy atom. The van der Waals surface area contributed by atoms with Gasteiger partial charge in [0.25, 0.3) is 0 Å². The number of ether oxygens (including phenoxy) is 1. The van der Waals surface area contributed by atoms with Crippen LogP contribution in [0.15, 0.2) is 12.1 Å². The third-order valence-corrected chi connectivity index (χ3v) is 4.70. The van der Waals surface area contributed by atoms with Crippen LogP contribution >= 0.6 is 0 Å². The molecule has 1 aliphatic heterocycles. The fraction of sp³-hybridized carbons (Fsp3) is 0.700. The lowest BCUT2D eigenvalue weighted by Gasteiger charge is -2.32. The van der Waals surface area contributed by atoms with Gasteiger partial charge >= 0.3 is 0 Å². The topological polar surface area (TPSA) is 12.5 Å². The van der Waals surface area contributed by atoms with Crippen LogP contribution in [-0.4, -0.2) is 31.1 Å². The summed E-state index contributed by atoms with van der Waals surface area (Å²) in [5.74, 6) is 1.77. The van der Waals surface area contributed by atoms with E-state index in [9.17, 15) is 0 Å². The van der Waals surface area contributed by atoms with Gasteiger partial charge in [-0.3, -0.25) is 0 Å². The van der Waals surface area contributed by atoms with Gasteiger partial charge in [0.15, 0.2) is 0 Å². The molecule has 2 heteroatoms. The predicted molar refractivity (Wildman–Crippen MR) is 95.1 cm³/mol. The quantitative estimate of drug-likeness (QED) is 0.788. The van der Waals surface area contributed by atoms with E-state index in [1.54, 1.807) is 0 Å². The van der Waals surface area contributed by atoms with Crippen molar-refractivity contribution in [3.63, 3.8) is 0 Å². The van der Waals surface area contributed by atoms with E-state index < -0.39 is 0 Å². The Kier molecular flexibility index (Phi) is 5.21. The largest absolute Gasteiger partial charge is 0.491 e. The van der Waals surface area contributed by atoms with Crippen LogP contribution in [0.2, 0.25) is 0 Å². The van der Waals surface area contributed by atoms with E-state index in [0.717, 1.165) is 5.75 Å². The second-order valence-electron chi connectivity index (χ2n) is 8.20. The minimum absolute atomic E-state index is 0.111. The van der Waals surface area contributed by atoms with Gasteiger partial charge in [-0.15, -0.1) is 0 Å². The molecule has 0 atom stereocenters. The molecular weight excluding hydrogens is 270 g/mol. The average Bonchev–Trinajstić information content (AvgIpc) is 2.40. The molecule has 1 aromatic carbocycles. The van der Waals surface area contributed by atoms with Crippen molar-refractivity contribution < 1.29 is 4.74 Å². The first-order valence-electron chi connectivity index (χ1n) is 8.68. The zero-order chi connectivity index (χ0) is 16.5. The zero-order valence-electron chi connectivity index (χ0n) is 15.5. The van der Waals surface area contributed by atoms with Crippen molar-refractivity contribution in [3.8, 4) is 5.75 Å². The number of rotatable bonds is 3. The van der Waals surface area contributed by atoms with Gasteiger partial charge in [0, 0.05) is 0 Å². The van der Waals surface area contributed by atoms with Crippen LogP contribution in [0.25, 0.3) is 0 Å². The van der Waals surface area contributed by atoms with Crippen molar-refractivity contribution in [3.05, 3.63) is 28.8 Å². The highest BCUT2D eigenvalue weighted by Gasteiger charge is 2.25. The van der Waals surface area contributed by atoms with Crippen molar-refractivity contribution in [2.45, 2.75) is 71.8 Å². The van der Waals surface area contributed by atoms with E-state index in [-0.39, 0.29) is 11.5 Å². The second-order valence-corrected chi connectivity index (χ2v) is 8.20. The van der Waals surface area contributed by atoms with Crippen molar-refractivity contribution >= 4 is 0 Å². The molecule has 0 amide bonds. The first-order valence-corrected chi connectivity index (χ1v) is 8.68. The van der Waals surface area contributed by atoms with Crippen LogP contribution in [-0.2, 0) is 5.41 Å². The van der Waals surface area contributed by atoms with Crippen molar-refractivity contribution in [1.29, 1.82) is 0 Å². The number of hydrogen-bond acceptors (Lipinski definition) is 2. The minimum Gasteiger partial charge on any atom is -0.491 e. The first-order chi connectivity index (χ1) is 10.2. The summed E-state index contributed by atoms with van der Waals surface area (Å²) in [6, 6.07) is 4.71. The predicted octanol–water partition coefficient (Wildman–Crippen LogP) is 4.89. The van der Waals surface area contributed by atoms with Gasteiger partial charge in [-0.05, 0) is 87.8 Å². The zero-order valence-corrected chi connectivity index (χ0v) is 15.5. The Balaban J connectivity index is 2.39. The van der Waals surface area contributed by atoms with Gasteiger partial charge in [-0.2, -0.15) is 0 Å². The number of likely N-dealkylation sites (tertiary alicyclic amines) is 1. The Hall–Kier alpha value is -1.02. The normalized spacial score (nSPS) is 18.0. The Labute approximate surface area is 136 Å². The maximum atomic E-state index is 6.17. The molecule has 124 valence electrons. The van der Waals surface area contributed by atoms with Crippen LogP contribution in [0.1, 0.15) is 70.1 Å². The molecule has 0 aromatic heterocycles. The van der Waals surface area contributed by atoms with Gasteiger partial charge in [-0.25, -0.2) is 0 Å². The van der Waals surface area contributed by atoms with E-state index in [1.165, 1.54) is 42.6 Å². The molecule has 0 radical (unpaired) electrons. The number of benzene rings is 1. The van der Waals surface area contributed by atoms with E-state index in [4.69, 9.17) is 4.74 Å². The van der Waals surface area contributed by atoms with Crippen LogP contribution in [0, 0.1) is 6.92 Å². The molecule has 1 saturated heterocycles. The molecule has 0 saturated carbocycles. The van der Waals surface area contributed by atoms with E-state index in [1.807, 2.05) is 0 Å². The summed E-state index contributed by atoms with van der Waals surface area (Å²) in [7, 11) is 2.22.